The summed E-state index contributed by atoms with van der Waals surface area (Å²) in [6.45, 7) is 1.83. The smallest absolute Gasteiger partial charge is 0.129 e. The summed E-state index contributed by atoms with van der Waals surface area (Å²) in [6.07, 6.45) is 0.669. The van der Waals surface area contributed by atoms with Crippen LogP contribution in [0.1, 0.15) is 24.8 Å². The maximum Gasteiger partial charge on any atom is 0.129 e. The van der Waals surface area contributed by atoms with E-state index in [1.165, 1.54) is 0 Å². The van der Waals surface area contributed by atoms with E-state index in [2.05, 4.69) is 0 Å². The lowest BCUT2D eigenvalue weighted by molar-refractivity contribution is 0.168. The summed E-state index contributed by atoms with van der Waals surface area (Å²) in [5.74, 6) is 2.84. The highest BCUT2D eigenvalue weighted by Crippen LogP contribution is 2.55. The minimum absolute atomic E-state index is 0.293. The van der Waals surface area contributed by atoms with Crippen LogP contribution in [0.25, 0.3) is 0 Å². The average molecular weight is 252 g/mol. The molecule has 0 saturated heterocycles. The number of aliphatic hydroxyl groups is 1. The second-order valence-corrected chi connectivity index (χ2v) is 4.69. The van der Waals surface area contributed by atoms with Gasteiger partial charge in [-0.15, -0.1) is 0 Å². The molecule has 100 valence electrons. The van der Waals surface area contributed by atoms with Crippen molar-refractivity contribution < 1.29 is 19.3 Å². The number of aliphatic hydroxyl groups excluding tert-OH is 1. The predicted octanol–water partition coefficient (Wildman–Crippen LogP) is 2.20. The van der Waals surface area contributed by atoms with E-state index in [1.807, 2.05) is 19.1 Å². The fourth-order valence-electron chi connectivity index (χ4n) is 2.48. The standard InChI is InChI=1S/C14H20O4/c1-8(15)10-7-11(10)14-12(17-3)5-9(16-2)6-13(14)18-4/h5-6,8,10-11,15H,7H2,1-4H3/t8-,10+,11-/m0/s1. The average Bonchev–Trinajstić information content (AvgIpc) is 3.17. The fraction of sp³-hybridized carbons (Fsp3) is 0.571. The van der Waals surface area contributed by atoms with Gasteiger partial charge >= 0.3 is 0 Å². The van der Waals surface area contributed by atoms with Crippen LogP contribution in [-0.2, 0) is 0 Å². The molecule has 0 amide bonds. The van der Waals surface area contributed by atoms with E-state index in [0.717, 1.165) is 23.5 Å². The van der Waals surface area contributed by atoms with Gasteiger partial charge in [0.2, 0.25) is 0 Å². The lowest BCUT2D eigenvalue weighted by Gasteiger charge is -2.15. The predicted molar refractivity (Wildman–Crippen MR) is 68.6 cm³/mol. The Morgan fingerprint density at radius 3 is 2.00 bits per heavy atom. The molecule has 0 aromatic heterocycles. The van der Waals surface area contributed by atoms with E-state index < -0.39 is 0 Å². The molecular weight excluding hydrogens is 232 g/mol. The Morgan fingerprint density at radius 1 is 1.11 bits per heavy atom. The normalized spacial score (nSPS) is 23.4. The van der Waals surface area contributed by atoms with Gasteiger partial charge in [-0.3, -0.25) is 0 Å². The van der Waals surface area contributed by atoms with Crippen molar-refractivity contribution in [3.63, 3.8) is 0 Å². The molecule has 1 N–H and O–H groups in total. The molecular formula is C14H20O4. The quantitative estimate of drug-likeness (QED) is 0.872. The summed E-state index contributed by atoms with van der Waals surface area (Å²) in [5, 5.41) is 9.65. The van der Waals surface area contributed by atoms with Gasteiger partial charge in [-0.05, 0) is 25.2 Å². The van der Waals surface area contributed by atoms with Crippen molar-refractivity contribution in [1.82, 2.24) is 0 Å². The van der Waals surface area contributed by atoms with Crippen LogP contribution >= 0.6 is 0 Å². The summed E-state index contributed by atoms with van der Waals surface area (Å²) in [5.41, 5.74) is 1.03. The van der Waals surface area contributed by atoms with Crippen LogP contribution in [-0.4, -0.2) is 32.5 Å². The second-order valence-electron chi connectivity index (χ2n) is 4.69. The number of hydrogen-bond acceptors (Lipinski definition) is 4. The van der Waals surface area contributed by atoms with E-state index in [9.17, 15) is 5.11 Å². The van der Waals surface area contributed by atoms with Crippen molar-refractivity contribution in [1.29, 1.82) is 0 Å². The van der Waals surface area contributed by atoms with Gasteiger partial charge < -0.3 is 19.3 Å². The van der Waals surface area contributed by atoms with Gasteiger partial charge in [0.25, 0.3) is 0 Å². The van der Waals surface area contributed by atoms with Gasteiger partial charge in [0.05, 0.1) is 27.4 Å². The Hall–Kier alpha value is -1.42. The maximum absolute atomic E-state index is 9.65. The Kier molecular flexibility index (Phi) is 3.66. The van der Waals surface area contributed by atoms with E-state index >= 15 is 0 Å². The molecule has 18 heavy (non-hydrogen) atoms. The maximum atomic E-state index is 9.65. The first-order valence-corrected chi connectivity index (χ1v) is 6.10. The SMILES string of the molecule is COc1cc(OC)c([C@H]2C[C@@H]2[C@H](C)O)c(OC)c1. The summed E-state index contributed by atoms with van der Waals surface area (Å²) in [7, 11) is 4.89. The largest absolute Gasteiger partial charge is 0.496 e. The topological polar surface area (TPSA) is 47.9 Å². The monoisotopic (exact) mass is 252 g/mol. The molecule has 1 saturated carbocycles. The molecule has 2 rings (SSSR count). The summed E-state index contributed by atoms with van der Waals surface area (Å²) < 4.78 is 16.1. The first-order chi connectivity index (χ1) is 8.62. The van der Waals surface area contributed by atoms with Gasteiger partial charge in [-0.2, -0.15) is 0 Å². The van der Waals surface area contributed by atoms with Crippen molar-refractivity contribution >= 4 is 0 Å². The first kappa shape index (κ1) is 13.0. The molecule has 0 bridgehead atoms. The number of methoxy groups -OCH3 is 3. The van der Waals surface area contributed by atoms with Crippen LogP contribution in [0.4, 0.5) is 0 Å². The van der Waals surface area contributed by atoms with E-state index in [-0.39, 0.29) is 6.10 Å². The van der Waals surface area contributed by atoms with E-state index in [1.54, 1.807) is 21.3 Å². The van der Waals surface area contributed by atoms with Crippen LogP contribution < -0.4 is 14.2 Å². The molecule has 0 unspecified atom stereocenters. The lowest BCUT2D eigenvalue weighted by atomic mass is 10.0. The number of rotatable bonds is 5. The van der Waals surface area contributed by atoms with Crippen molar-refractivity contribution in [2.24, 2.45) is 5.92 Å². The molecule has 0 radical (unpaired) electrons. The number of benzene rings is 1. The minimum atomic E-state index is -0.300. The summed E-state index contributed by atoms with van der Waals surface area (Å²) >= 11 is 0. The van der Waals surface area contributed by atoms with Gasteiger partial charge in [-0.25, -0.2) is 0 Å². The van der Waals surface area contributed by atoms with Crippen LogP contribution in [0.15, 0.2) is 12.1 Å². The van der Waals surface area contributed by atoms with Crippen LogP contribution in [0.2, 0.25) is 0 Å². The van der Waals surface area contributed by atoms with Gasteiger partial charge in [-0.1, -0.05) is 0 Å². The van der Waals surface area contributed by atoms with Crippen LogP contribution in [0.5, 0.6) is 17.2 Å². The molecule has 0 heterocycles. The molecule has 1 fully saturated rings. The zero-order valence-corrected chi connectivity index (χ0v) is 11.3. The molecule has 1 aliphatic rings. The molecule has 1 aromatic carbocycles. The third kappa shape index (κ3) is 2.25. The minimum Gasteiger partial charge on any atom is -0.496 e. The molecule has 1 aromatic rings. The lowest BCUT2D eigenvalue weighted by Crippen LogP contribution is -2.05. The van der Waals surface area contributed by atoms with Crippen LogP contribution in [0, 0.1) is 5.92 Å². The molecule has 0 aliphatic heterocycles. The summed E-state index contributed by atoms with van der Waals surface area (Å²) in [4.78, 5) is 0. The Labute approximate surface area is 107 Å². The second kappa shape index (κ2) is 5.06. The molecule has 1 aliphatic carbocycles. The van der Waals surface area contributed by atoms with Crippen molar-refractivity contribution in [2.75, 3.05) is 21.3 Å². The third-order valence-electron chi connectivity index (χ3n) is 3.58. The number of ether oxygens (including phenoxy) is 3. The highest BCUT2D eigenvalue weighted by molar-refractivity contribution is 5.54. The first-order valence-electron chi connectivity index (χ1n) is 6.10. The summed E-state index contributed by atoms with van der Waals surface area (Å²) in [6, 6.07) is 3.71. The van der Waals surface area contributed by atoms with Gasteiger partial charge in [0.15, 0.2) is 0 Å². The Morgan fingerprint density at radius 2 is 1.67 bits per heavy atom. The van der Waals surface area contributed by atoms with Gasteiger partial charge in [0, 0.05) is 17.7 Å². The Balaban J connectivity index is 2.39. The third-order valence-corrected chi connectivity index (χ3v) is 3.58. The van der Waals surface area contributed by atoms with Crippen LogP contribution in [0.3, 0.4) is 0 Å². The zero-order valence-electron chi connectivity index (χ0n) is 11.3. The van der Waals surface area contributed by atoms with Crippen molar-refractivity contribution in [3.8, 4) is 17.2 Å². The fourth-order valence-corrected chi connectivity index (χ4v) is 2.48. The van der Waals surface area contributed by atoms with Crippen molar-refractivity contribution in [2.45, 2.75) is 25.4 Å². The highest BCUT2D eigenvalue weighted by atomic mass is 16.5. The highest BCUT2D eigenvalue weighted by Gasteiger charge is 2.44. The van der Waals surface area contributed by atoms with E-state index in [0.29, 0.717) is 17.6 Å². The van der Waals surface area contributed by atoms with Gasteiger partial charge in [0.1, 0.15) is 17.2 Å². The van der Waals surface area contributed by atoms with Crippen molar-refractivity contribution in [3.05, 3.63) is 17.7 Å². The molecule has 3 atom stereocenters. The van der Waals surface area contributed by atoms with E-state index in [4.69, 9.17) is 14.2 Å². The zero-order chi connectivity index (χ0) is 13.3. The molecule has 4 nitrogen and oxygen atoms in total. The number of hydrogen-bond donors (Lipinski definition) is 1. The molecule has 4 heteroatoms. The Bertz CT molecular complexity index is 403. The molecule has 0 spiro atoms.